The summed E-state index contributed by atoms with van der Waals surface area (Å²) in [6.45, 7) is -0.114. The Bertz CT molecular complexity index is 1260. The van der Waals surface area contributed by atoms with Gasteiger partial charge < -0.3 is 4.57 Å². The summed E-state index contributed by atoms with van der Waals surface area (Å²) in [5, 5.41) is 0.826. The van der Waals surface area contributed by atoms with E-state index in [4.69, 9.17) is 29.6 Å². The third-order valence-corrected chi connectivity index (χ3v) is 4.59. The van der Waals surface area contributed by atoms with Gasteiger partial charge in [0.05, 0.1) is 16.6 Å². The molecule has 3 rings (SSSR count). The van der Waals surface area contributed by atoms with Crippen molar-refractivity contribution in [3.63, 3.8) is 0 Å². The van der Waals surface area contributed by atoms with Gasteiger partial charge in [0.25, 0.3) is 5.56 Å². The molecule has 0 saturated carbocycles. The van der Waals surface area contributed by atoms with Crippen LogP contribution in [-0.4, -0.2) is 18.7 Å². The topological polar surface area (TPSA) is 61.8 Å². The fraction of sp³-hybridized carbons (Fsp3) is 0.167. The third-order valence-electron chi connectivity index (χ3n) is 3.85. The van der Waals surface area contributed by atoms with E-state index in [-0.39, 0.29) is 17.7 Å². The second kappa shape index (κ2) is 6.76. The Morgan fingerprint density at radius 2 is 1.85 bits per heavy atom. The van der Waals surface area contributed by atoms with Crippen LogP contribution in [0.5, 0.6) is 0 Å². The summed E-state index contributed by atoms with van der Waals surface area (Å²) in [6.07, 6.45) is 5.25. The first-order chi connectivity index (χ1) is 12.3. The summed E-state index contributed by atoms with van der Waals surface area (Å²) in [5.74, 6) is 8.45. The fourth-order valence-electron chi connectivity index (χ4n) is 2.49. The SMILES string of the molecule is C#CCn1c(=O)c2c(nc(C#Cc3ccc(Cl)c(Cl)c3)n2C)n(C)c1=O. The lowest BCUT2D eigenvalue weighted by atomic mass is 10.2. The van der Waals surface area contributed by atoms with Crippen molar-refractivity contribution in [1.29, 1.82) is 0 Å². The summed E-state index contributed by atoms with van der Waals surface area (Å²) in [6, 6.07) is 5.00. The number of hydrogen-bond donors (Lipinski definition) is 0. The van der Waals surface area contributed by atoms with Crippen molar-refractivity contribution in [2.24, 2.45) is 14.1 Å². The van der Waals surface area contributed by atoms with Crippen LogP contribution in [0.4, 0.5) is 0 Å². The summed E-state index contributed by atoms with van der Waals surface area (Å²) in [5.41, 5.74) is 0.112. The van der Waals surface area contributed by atoms with Gasteiger partial charge in [-0.3, -0.25) is 9.36 Å². The molecule has 0 radical (unpaired) electrons. The van der Waals surface area contributed by atoms with Crippen LogP contribution in [0, 0.1) is 24.2 Å². The minimum atomic E-state index is -0.525. The van der Waals surface area contributed by atoms with Gasteiger partial charge in [0.15, 0.2) is 17.0 Å². The number of aryl methyl sites for hydroxylation is 2. The van der Waals surface area contributed by atoms with Crippen molar-refractivity contribution in [3.05, 3.63) is 60.5 Å². The zero-order valence-corrected chi connectivity index (χ0v) is 15.4. The maximum atomic E-state index is 12.6. The van der Waals surface area contributed by atoms with Gasteiger partial charge in [-0.2, -0.15) is 0 Å². The summed E-state index contributed by atoms with van der Waals surface area (Å²) in [4.78, 5) is 29.2. The Balaban J connectivity index is 2.21. The molecule has 0 fully saturated rings. The first-order valence-electron chi connectivity index (χ1n) is 7.42. The Morgan fingerprint density at radius 1 is 1.12 bits per heavy atom. The van der Waals surface area contributed by atoms with E-state index in [0.717, 1.165) is 4.57 Å². The molecule has 2 heterocycles. The molecule has 2 aromatic heterocycles. The lowest BCUT2D eigenvalue weighted by Gasteiger charge is -2.05. The molecule has 0 saturated heterocycles. The van der Waals surface area contributed by atoms with E-state index in [0.29, 0.717) is 21.4 Å². The van der Waals surface area contributed by atoms with E-state index in [9.17, 15) is 9.59 Å². The van der Waals surface area contributed by atoms with Crippen LogP contribution < -0.4 is 11.2 Å². The molecule has 0 aliphatic carbocycles. The standard InChI is InChI=1S/C18H12Cl2N4O2/c1-4-9-24-17(25)15-16(23(3)18(24)26)21-14(22(15)2)8-6-11-5-7-12(19)13(20)10-11/h1,5,7,10H,9H2,2-3H3. The van der Waals surface area contributed by atoms with Crippen LogP contribution in [0.25, 0.3) is 11.2 Å². The number of halogens is 2. The highest BCUT2D eigenvalue weighted by molar-refractivity contribution is 6.42. The molecule has 8 heteroatoms. The van der Waals surface area contributed by atoms with Gasteiger partial charge >= 0.3 is 5.69 Å². The number of aromatic nitrogens is 4. The molecule has 0 atom stereocenters. The fourth-order valence-corrected chi connectivity index (χ4v) is 2.79. The van der Waals surface area contributed by atoms with Gasteiger partial charge in [0.2, 0.25) is 0 Å². The highest BCUT2D eigenvalue weighted by atomic mass is 35.5. The minimum absolute atomic E-state index is 0.114. The van der Waals surface area contributed by atoms with Gasteiger partial charge in [0.1, 0.15) is 0 Å². The van der Waals surface area contributed by atoms with Crippen LogP contribution in [0.1, 0.15) is 11.4 Å². The highest BCUT2D eigenvalue weighted by Gasteiger charge is 2.17. The first-order valence-corrected chi connectivity index (χ1v) is 8.17. The Morgan fingerprint density at radius 3 is 2.50 bits per heavy atom. The molecule has 0 N–H and O–H groups in total. The Hall–Kier alpha value is -2.93. The third kappa shape index (κ3) is 2.90. The van der Waals surface area contributed by atoms with Crippen molar-refractivity contribution in [1.82, 2.24) is 18.7 Å². The van der Waals surface area contributed by atoms with Crippen LogP contribution in [0.2, 0.25) is 10.0 Å². The number of terminal acetylenes is 1. The molecule has 0 spiro atoms. The second-order valence-electron chi connectivity index (χ2n) is 5.48. The van der Waals surface area contributed by atoms with Crippen LogP contribution in [0.15, 0.2) is 27.8 Å². The summed E-state index contributed by atoms with van der Waals surface area (Å²) in [7, 11) is 3.18. The second-order valence-corrected chi connectivity index (χ2v) is 6.30. The van der Waals surface area contributed by atoms with Gasteiger partial charge in [-0.05, 0) is 24.1 Å². The largest absolute Gasteiger partial charge is 0.333 e. The monoisotopic (exact) mass is 386 g/mol. The maximum Gasteiger partial charge on any atom is 0.333 e. The molecule has 130 valence electrons. The van der Waals surface area contributed by atoms with E-state index >= 15 is 0 Å². The van der Waals surface area contributed by atoms with E-state index in [1.165, 1.54) is 16.2 Å². The van der Waals surface area contributed by atoms with Crippen molar-refractivity contribution in [2.45, 2.75) is 6.54 Å². The lowest BCUT2D eigenvalue weighted by molar-refractivity contribution is 0.674. The molecule has 0 unspecified atom stereocenters. The molecular weight excluding hydrogens is 375 g/mol. The number of fused-ring (bicyclic) bond motifs is 1. The molecule has 0 aliphatic rings. The Kier molecular flexibility index (Phi) is 4.65. The first kappa shape index (κ1) is 17.9. The zero-order chi connectivity index (χ0) is 19.0. The quantitative estimate of drug-likeness (QED) is 0.598. The average molecular weight is 387 g/mol. The molecule has 1 aromatic carbocycles. The smallest absolute Gasteiger partial charge is 0.314 e. The minimum Gasteiger partial charge on any atom is -0.314 e. The van der Waals surface area contributed by atoms with Crippen LogP contribution in [0.3, 0.4) is 0 Å². The molecule has 0 amide bonds. The van der Waals surface area contributed by atoms with Gasteiger partial charge in [-0.1, -0.05) is 35.0 Å². The van der Waals surface area contributed by atoms with Crippen LogP contribution >= 0.6 is 23.2 Å². The lowest BCUT2D eigenvalue weighted by Crippen LogP contribution is -2.39. The predicted molar refractivity (Wildman–Crippen MR) is 101 cm³/mol. The summed E-state index contributed by atoms with van der Waals surface area (Å²) >= 11 is 11.9. The Labute approximate surface area is 158 Å². The van der Waals surface area contributed by atoms with Crippen molar-refractivity contribution >= 4 is 34.4 Å². The van der Waals surface area contributed by atoms with Crippen molar-refractivity contribution in [2.75, 3.05) is 0 Å². The molecule has 0 aliphatic heterocycles. The number of imidazole rings is 1. The number of rotatable bonds is 1. The zero-order valence-electron chi connectivity index (χ0n) is 13.9. The number of benzene rings is 1. The van der Waals surface area contributed by atoms with Gasteiger partial charge in [0, 0.05) is 19.7 Å². The van der Waals surface area contributed by atoms with E-state index < -0.39 is 11.2 Å². The van der Waals surface area contributed by atoms with Crippen molar-refractivity contribution < 1.29 is 0 Å². The molecular formula is C18H12Cl2N4O2. The van der Waals surface area contributed by atoms with E-state index in [1.807, 2.05) is 0 Å². The average Bonchev–Trinajstić information content (AvgIpc) is 2.95. The van der Waals surface area contributed by atoms with Gasteiger partial charge in [-0.15, -0.1) is 6.42 Å². The highest BCUT2D eigenvalue weighted by Crippen LogP contribution is 2.22. The predicted octanol–water partition coefficient (Wildman–Crippen LogP) is 1.77. The van der Waals surface area contributed by atoms with E-state index in [2.05, 4.69) is 22.7 Å². The number of nitrogens with zero attached hydrogens (tertiary/aromatic N) is 4. The molecule has 26 heavy (non-hydrogen) atoms. The maximum absolute atomic E-state index is 12.6. The normalized spacial score (nSPS) is 10.4. The van der Waals surface area contributed by atoms with Gasteiger partial charge in [-0.25, -0.2) is 14.3 Å². The molecule has 0 bridgehead atoms. The molecule has 6 nitrogen and oxygen atoms in total. The molecule has 3 aromatic rings. The van der Waals surface area contributed by atoms with E-state index in [1.54, 1.807) is 25.2 Å². The van der Waals surface area contributed by atoms with Crippen molar-refractivity contribution in [3.8, 4) is 24.2 Å². The summed E-state index contributed by atoms with van der Waals surface area (Å²) < 4.78 is 3.80. The number of hydrogen-bond acceptors (Lipinski definition) is 3. The van der Waals surface area contributed by atoms with Crippen LogP contribution in [-0.2, 0) is 20.6 Å².